The summed E-state index contributed by atoms with van der Waals surface area (Å²) in [5, 5.41) is 8.99. The molecule has 3 N–H and O–H groups in total. The zero-order valence-corrected chi connectivity index (χ0v) is 7.11. The van der Waals surface area contributed by atoms with Crippen molar-refractivity contribution >= 4 is 40.0 Å². The van der Waals surface area contributed by atoms with Gasteiger partial charge in [0.1, 0.15) is 10.0 Å². The second-order valence-electron chi connectivity index (χ2n) is 1.96. The van der Waals surface area contributed by atoms with Gasteiger partial charge in [-0.1, -0.05) is 12.2 Å². The number of carboxylic acids is 1. The van der Waals surface area contributed by atoms with Crippen LogP contribution in [0.3, 0.4) is 0 Å². The van der Waals surface area contributed by atoms with E-state index in [9.17, 15) is 4.79 Å². The summed E-state index contributed by atoms with van der Waals surface area (Å²) >= 11 is 5.92. The summed E-state index contributed by atoms with van der Waals surface area (Å²) < 4.78 is 0. The van der Waals surface area contributed by atoms with E-state index in [0.717, 1.165) is 0 Å². The zero-order chi connectivity index (χ0) is 8.43. The standard InChI is InChI=1S/C5H6N2O2S2/c6-3(10)4-7-2(1-11-4)5(8)9/h2H,1H2,(H2,6,10)(H,8,9)/t2-/m1/s1. The molecule has 1 heterocycles. The van der Waals surface area contributed by atoms with Crippen molar-refractivity contribution in [2.45, 2.75) is 6.04 Å². The lowest BCUT2D eigenvalue weighted by atomic mass is 10.4. The maximum absolute atomic E-state index is 10.4. The summed E-state index contributed by atoms with van der Waals surface area (Å²) in [6, 6.07) is -0.670. The Labute approximate surface area is 72.9 Å². The largest absolute Gasteiger partial charge is 0.480 e. The molecule has 0 aromatic heterocycles. The van der Waals surface area contributed by atoms with Crippen molar-refractivity contribution < 1.29 is 9.90 Å². The van der Waals surface area contributed by atoms with E-state index >= 15 is 0 Å². The number of thiocarbonyl (C=S) groups is 1. The van der Waals surface area contributed by atoms with Crippen LogP contribution in [0.15, 0.2) is 4.99 Å². The van der Waals surface area contributed by atoms with Crippen LogP contribution in [0.1, 0.15) is 0 Å². The van der Waals surface area contributed by atoms with Crippen LogP contribution in [0.4, 0.5) is 0 Å². The Bertz CT molecular complexity index is 239. The smallest absolute Gasteiger partial charge is 0.329 e. The Kier molecular flexibility index (Phi) is 2.45. The summed E-state index contributed by atoms with van der Waals surface area (Å²) in [5.41, 5.74) is 5.25. The maximum atomic E-state index is 10.4. The molecule has 1 rings (SSSR count). The molecule has 11 heavy (non-hydrogen) atoms. The van der Waals surface area contributed by atoms with Gasteiger partial charge in [0.25, 0.3) is 0 Å². The van der Waals surface area contributed by atoms with Gasteiger partial charge >= 0.3 is 5.97 Å². The number of aliphatic carboxylic acids is 1. The number of nitrogens with two attached hydrogens (primary N) is 1. The molecule has 0 amide bonds. The van der Waals surface area contributed by atoms with Gasteiger partial charge in [-0.25, -0.2) is 4.79 Å². The first-order valence-electron chi connectivity index (χ1n) is 2.84. The molecule has 60 valence electrons. The molecule has 0 saturated carbocycles. The van der Waals surface area contributed by atoms with E-state index in [4.69, 9.17) is 10.8 Å². The quantitative estimate of drug-likeness (QED) is 0.593. The number of rotatable bonds is 2. The van der Waals surface area contributed by atoms with Crippen LogP contribution in [0.2, 0.25) is 0 Å². The van der Waals surface area contributed by atoms with Gasteiger partial charge in [0.05, 0.1) is 0 Å². The Morgan fingerprint density at radius 3 is 2.82 bits per heavy atom. The summed E-state index contributed by atoms with van der Waals surface area (Å²) in [5.74, 6) is -0.495. The molecule has 0 aliphatic carbocycles. The minimum atomic E-state index is -0.927. The van der Waals surface area contributed by atoms with Crippen molar-refractivity contribution in [1.82, 2.24) is 0 Å². The van der Waals surface area contributed by atoms with Crippen LogP contribution in [-0.2, 0) is 4.79 Å². The summed E-state index contributed by atoms with van der Waals surface area (Å²) in [4.78, 5) is 14.3. The summed E-state index contributed by atoms with van der Waals surface area (Å²) in [7, 11) is 0. The van der Waals surface area contributed by atoms with Crippen molar-refractivity contribution in [3.63, 3.8) is 0 Å². The zero-order valence-electron chi connectivity index (χ0n) is 5.48. The molecule has 6 heteroatoms. The van der Waals surface area contributed by atoms with Crippen molar-refractivity contribution in [3.05, 3.63) is 0 Å². The van der Waals surface area contributed by atoms with Crippen LogP contribution >= 0.6 is 24.0 Å². The topological polar surface area (TPSA) is 75.7 Å². The first kappa shape index (κ1) is 8.48. The number of carbonyl (C=O) groups is 1. The van der Waals surface area contributed by atoms with Crippen LogP contribution in [0.5, 0.6) is 0 Å². The second kappa shape index (κ2) is 3.19. The molecular formula is C5H6N2O2S2. The van der Waals surface area contributed by atoms with E-state index in [-0.39, 0.29) is 4.99 Å². The molecule has 1 aliphatic rings. The molecule has 0 radical (unpaired) electrons. The number of carboxylic acid groups (broad SMARTS) is 1. The molecule has 0 aromatic rings. The molecule has 0 spiro atoms. The van der Waals surface area contributed by atoms with Gasteiger partial charge in [0.15, 0.2) is 6.04 Å². The van der Waals surface area contributed by atoms with Crippen LogP contribution in [0.25, 0.3) is 0 Å². The lowest BCUT2D eigenvalue weighted by Crippen LogP contribution is -2.18. The van der Waals surface area contributed by atoms with Crippen molar-refractivity contribution in [3.8, 4) is 0 Å². The monoisotopic (exact) mass is 190 g/mol. The van der Waals surface area contributed by atoms with E-state index in [1.54, 1.807) is 0 Å². The first-order chi connectivity index (χ1) is 5.11. The Morgan fingerprint density at radius 2 is 2.55 bits per heavy atom. The third kappa shape index (κ3) is 1.90. The lowest BCUT2D eigenvalue weighted by molar-refractivity contribution is -0.137. The van der Waals surface area contributed by atoms with E-state index in [2.05, 4.69) is 17.2 Å². The second-order valence-corrected chi connectivity index (χ2v) is 3.41. The van der Waals surface area contributed by atoms with E-state index in [1.807, 2.05) is 0 Å². The highest BCUT2D eigenvalue weighted by atomic mass is 32.2. The van der Waals surface area contributed by atoms with Crippen molar-refractivity contribution in [2.24, 2.45) is 10.7 Å². The molecule has 1 aliphatic heterocycles. The predicted molar refractivity (Wildman–Crippen MR) is 48.1 cm³/mol. The van der Waals surface area contributed by atoms with Gasteiger partial charge in [0.2, 0.25) is 0 Å². The maximum Gasteiger partial charge on any atom is 0.329 e. The van der Waals surface area contributed by atoms with E-state index in [0.29, 0.717) is 10.8 Å². The lowest BCUT2D eigenvalue weighted by Gasteiger charge is -1.93. The molecule has 0 fully saturated rings. The highest BCUT2D eigenvalue weighted by Crippen LogP contribution is 2.18. The number of thioether (sulfide) groups is 1. The highest BCUT2D eigenvalue weighted by molar-refractivity contribution is 8.17. The molecule has 0 unspecified atom stereocenters. The summed E-state index contributed by atoms with van der Waals surface area (Å²) in [6.07, 6.45) is 0. The number of hydrogen-bond acceptors (Lipinski definition) is 4. The third-order valence-electron chi connectivity index (χ3n) is 1.15. The van der Waals surface area contributed by atoms with Crippen LogP contribution in [-0.4, -0.2) is 32.9 Å². The van der Waals surface area contributed by atoms with Gasteiger partial charge < -0.3 is 10.8 Å². The minimum absolute atomic E-state index is 0.179. The number of aliphatic imine (C=N–C) groups is 1. The molecule has 0 saturated heterocycles. The average Bonchev–Trinajstić information content (AvgIpc) is 2.33. The molecule has 4 nitrogen and oxygen atoms in total. The van der Waals surface area contributed by atoms with Gasteiger partial charge in [0, 0.05) is 5.75 Å². The fraction of sp³-hybridized carbons (Fsp3) is 0.400. The van der Waals surface area contributed by atoms with Gasteiger partial charge in [-0.05, 0) is 0 Å². The Hall–Kier alpha value is -0.620. The third-order valence-corrected chi connectivity index (χ3v) is 2.55. The van der Waals surface area contributed by atoms with Crippen LogP contribution in [0, 0.1) is 0 Å². The SMILES string of the molecule is NC(=S)C1=N[C@@H](C(=O)O)CS1. The van der Waals surface area contributed by atoms with Gasteiger partial charge in [-0.2, -0.15) is 0 Å². The molecule has 0 bridgehead atoms. The first-order valence-corrected chi connectivity index (χ1v) is 4.24. The van der Waals surface area contributed by atoms with Crippen LogP contribution < -0.4 is 5.73 Å². The molecule has 1 atom stereocenters. The highest BCUT2D eigenvalue weighted by Gasteiger charge is 2.25. The molecule has 0 aromatic carbocycles. The molecular weight excluding hydrogens is 184 g/mol. The Balaban J connectivity index is 2.68. The average molecular weight is 190 g/mol. The van der Waals surface area contributed by atoms with Gasteiger partial charge in [-0.15, -0.1) is 11.8 Å². The van der Waals surface area contributed by atoms with E-state index < -0.39 is 12.0 Å². The normalized spacial score (nSPS) is 22.9. The minimum Gasteiger partial charge on any atom is -0.480 e. The summed E-state index contributed by atoms with van der Waals surface area (Å²) in [6.45, 7) is 0. The fourth-order valence-corrected chi connectivity index (χ4v) is 1.74. The Morgan fingerprint density at radius 1 is 1.91 bits per heavy atom. The number of hydrogen-bond donors (Lipinski definition) is 2. The van der Waals surface area contributed by atoms with Crippen molar-refractivity contribution in [2.75, 3.05) is 5.75 Å². The fourth-order valence-electron chi connectivity index (χ4n) is 0.635. The van der Waals surface area contributed by atoms with Gasteiger partial charge in [-0.3, -0.25) is 4.99 Å². The number of nitrogens with zero attached hydrogens (tertiary/aromatic N) is 1. The van der Waals surface area contributed by atoms with E-state index in [1.165, 1.54) is 11.8 Å². The van der Waals surface area contributed by atoms with Crippen molar-refractivity contribution in [1.29, 1.82) is 0 Å². The predicted octanol–water partition coefficient (Wildman–Crippen LogP) is -0.129.